The molecule has 0 saturated carbocycles. The second-order valence-electron chi connectivity index (χ2n) is 4.75. The molecule has 0 aliphatic carbocycles. The number of amidine groups is 1. The summed E-state index contributed by atoms with van der Waals surface area (Å²) in [6.45, 7) is 2.07. The molecule has 0 bridgehead atoms. The van der Waals surface area contributed by atoms with Crippen LogP contribution in [0.4, 0.5) is 0 Å². The van der Waals surface area contributed by atoms with E-state index in [1.807, 2.05) is 0 Å². The highest BCUT2D eigenvalue weighted by molar-refractivity contribution is 5.97. The van der Waals surface area contributed by atoms with Crippen molar-refractivity contribution in [3.63, 3.8) is 0 Å². The number of carbonyl (C=O) groups is 1. The molecule has 0 aromatic heterocycles. The van der Waals surface area contributed by atoms with E-state index in [-0.39, 0.29) is 18.3 Å². The monoisotopic (exact) mass is 295 g/mol. The average Bonchev–Trinajstić information content (AvgIpc) is 2.49. The van der Waals surface area contributed by atoms with Gasteiger partial charge in [0, 0.05) is 19.2 Å². The molecule has 0 fully saturated rings. The van der Waals surface area contributed by atoms with Crippen LogP contribution in [-0.4, -0.2) is 53.3 Å². The molecule has 1 atom stereocenters. The van der Waals surface area contributed by atoms with Gasteiger partial charge in [-0.05, 0) is 37.6 Å². The molecular weight excluding hydrogens is 274 g/mol. The highest BCUT2D eigenvalue weighted by Gasteiger charge is 2.10. The van der Waals surface area contributed by atoms with Crippen LogP contribution in [0.1, 0.15) is 18.9 Å². The standard InChI is InChI=1S/C14H21N3O4/c1-10(18)7-8-17(2)13(19)9-21-12-5-3-11(4-6-12)14(15)16-20/h3-6,10,18,20H,7-9H2,1-2H3,(H2,15,16). The number of hydrogen-bond donors (Lipinski definition) is 3. The Bertz CT molecular complexity index is 485. The van der Waals surface area contributed by atoms with Crippen molar-refractivity contribution in [3.8, 4) is 5.75 Å². The topological polar surface area (TPSA) is 108 Å². The van der Waals surface area contributed by atoms with Crippen LogP contribution in [0.2, 0.25) is 0 Å². The third-order valence-corrected chi connectivity index (χ3v) is 2.93. The third-order valence-electron chi connectivity index (χ3n) is 2.93. The summed E-state index contributed by atoms with van der Waals surface area (Å²) in [4.78, 5) is 13.3. The minimum atomic E-state index is -0.438. The van der Waals surface area contributed by atoms with E-state index in [2.05, 4.69) is 5.16 Å². The van der Waals surface area contributed by atoms with E-state index >= 15 is 0 Å². The van der Waals surface area contributed by atoms with Gasteiger partial charge in [0.1, 0.15) is 5.75 Å². The molecule has 1 aromatic carbocycles. The van der Waals surface area contributed by atoms with Gasteiger partial charge in [0.05, 0.1) is 6.10 Å². The number of aliphatic hydroxyl groups excluding tert-OH is 1. The molecule has 1 aromatic rings. The van der Waals surface area contributed by atoms with E-state index in [0.29, 0.717) is 24.3 Å². The molecule has 0 spiro atoms. The molecule has 0 aliphatic heterocycles. The van der Waals surface area contributed by atoms with E-state index in [9.17, 15) is 9.90 Å². The maximum absolute atomic E-state index is 11.8. The maximum Gasteiger partial charge on any atom is 0.260 e. The summed E-state index contributed by atoms with van der Waals surface area (Å²) in [5.41, 5.74) is 6.00. The number of likely N-dealkylation sites (N-methyl/N-ethyl adjacent to an activating group) is 1. The quantitative estimate of drug-likeness (QED) is 0.292. The van der Waals surface area contributed by atoms with Gasteiger partial charge in [0.15, 0.2) is 12.4 Å². The molecule has 116 valence electrons. The van der Waals surface area contributed by atoms with Gasteiger partial charge < -0.3 is 25.7 Å². The first-order valence-electron chi connectivity index (χ1n) is 6.56. The van der Waals surface area contributed by atoms with Crippen molar-refractivity contribution in [2.24, 2.45) is 10.9 Å². The first kappa shape index (κ1) is 16.8. The van der Waals surface area contributed by atoms with Crippen LogP contribution in [0.5, 0.6) is 5.75 Å². The number of rotatable bonds is 7. The van der Waals surface area contributed by atoms with Crippen molar-refractivity contribution >= 4 is 11.7 Å². The Hall–Kier alpha value is -2.28. The minimum absolute atomic E-state index is 0.00971. The number of ether oxygens (including phenoxy) is 1. The van der Waals surface area contributed by atoms with E-state index in [1.54, 1.807) is 38.2 Å². The number of nitrogens with zero attached hydrogens (tertiary/aromatic N) is 2. The van der Waals surface area contributed by atoms with Crippen LogP contribution in [0.25, 0.3) is 0 Å². The van der Waals surface area contributed by atoms with Crippen LogP contribution in [0, 0.1) is 0 Å². The zero-order valence-electron chi connectivity index (χ0n) is 12.2. The number of nitrogens with two attached hydrogens (primary N) is 1. The minimum Gasteiger partial charge on any atom is -0.484 e. The van der Waals surface area contributed by atoms with Crippen molar-refractivity contribution in [1.29, 1.82) is 0 Å². The summed E-state index contributed by atoms with van der Waals surface area (Å²) >= 11 is 0. The van der Waals surface area contributed by atoms with E-state index < -0.39 is 6.10 Å². The molecule has 1 amide bonds. The average molecular weight is 295 g/mol. The summed E-state index contributed by atoms with van der Waals surface area (Å²) in [5.74, 6) is 0.355. The van der Waals surface area contributed by atoms with Crippen LogP contribution in [0.15, 0.2) is 29.4 Å². The SMILES string of the molecule is CC(O)CCN(C)C(=O)COc1ccc(/C(N)=N/O)cc1. The highest BCUT2D eigenvalue weighted by Crippen LogP contribution is 2.12. The second-order valence-corrected chi connectivity index (χ2v) is 4.75. The first-order valence-corrected chi connectivity index (χ1v) is 6.56. The number of amides is 1. The summed E-state index contributed by atoms with van der Waals surface area (Å²) in [7, 11) is 1.66. The van der Waals surface area contributed by atoms with Gasteiger partial charge >= 0.3 is 0 Å². The lowest BCUT2D eigenvalue weighted by atomic mass is 10.2. The number of oxime groups is 1. The third kappa shape index (κ3) is 5.70. The van der Waals surface area contributed by atoms with E-state index in [1.165, 1.54) is 4.90 Å². The van der Waals surface area contributed by atoms with Gasteiger partial charge in [-0.25, -0.2) is 0 Å². The molecule has 1 unspecified atom stereocenters. The smallest absolute Gasteiger partial charge is 0.260 e. The van der Waals surface area contributed by atoms with E-state index in [4.69, 9.17) is 15.7 Å². The molecule has 0 saturated heterocycles. The van der Waals surface area contributed by atoms with Gasteiger partial charge in [0.2, 0.25) is 0 Å². The highest BCUT2D eigenvalue weighted by atomic mass is 16.5. The normalized spacial score (nSPS) is 12.8. The lowest BCUT2D eigenvalue weighted by Crippen LogP contribution is -2.33. The fraction of sp³-hybridized carbons (Fsp3) is 0.429. The molecule has 21 heavy (non-hydrogen) atoms. The van der Waals surface area contributed by atoms with Gasteiger partial charge in [-0.15, -0.1) is 0 Å². The maximum atomic E-state index is 11.8. The summed E-state index contributed by atoms with van der Waals surface area (Å²) < 4.78 is 5.37. The van der Waals surface area contributed by atoms with Crippen LogP contribution in [0.3, 0.4) is 0 Å². The largest absolute Gasteiger partial charge is 0.484 e. The van der Waals surface area contributed by atoms with Crippen LogP contribution >= 0.6 is 0 Å². The second kappa shape index (κ2) is 8.11. The molecule has 1 rings (SSSR count). The summed E-state index contributed by atoms with van der Waals surface area (Å²) in [6.07, 6.45) is 0.0869. The Kier molecular flexibility index (Phi) is 6.48. The van der Waals surface area contributed by atoms with Crippen molar-refractivity contribution in [2.45, 2.75) is 19.4 Å². The van der Waals surface area contributed by atoms with E-state index in [0.717, 1.165) is 0 Å². The fourth-order valence-corrected chi connectivity index (χ4v) is 1.54. The predicted molar refractivity (Wildman–Crippen MR) is 78.4 cm³/mol. The molecule has 0 heterocycles. The van der Waals surface area contributed by atoms with Crippen molar-refractivity contribution < 1.29 is 19.8 Å². The molecule has 0 radical (unpaired) electrons. The number of hydrogen-bond acceptors (Lipinski definition) is 5. The Morgan fingerprint density at radius 2 is 2.05 bits per heavy atom. The molecule has 0 aliphatic rings. The molecule has 7 nitrogen and oxygen atoms in total. The van der Waals surface area contributed by atoms with Crippen molar-refractivity contribution in [2.75, 3.05) is 20.2 Å². The Balaban J connectivity index is 2.46. The number of carbonyl (C=O) groups excluding carboxylic acids is 1. The fourth-order valence-electron chi connectivity index (χ4n) is 1.54. The lowest BCUT2D eigenvalue weighted by Gasteiger charge is -2.18. The molecule has 4 N–H and O–H groups in total. The zero-order chi connectivity index (χ0) is 15.8. The van der Waals surface area contributed by atoms with Gasteiger partial charge in [0.25, 0.3) is 5.91 Å². The van der Waals surface area contributed by atoms with Gasteiger partial charge in [-0.3, -0.25) is 4.79 Å². The summed E-state index contributed by atoms with van der Waals surface area (Å²) in [6, 6.07) is 6.53. The molecular formula is C14H21N3O4. The van der Waals surface area contributed by atoms with Crippen molar-refractivity contribution in [1.82, 2.24) is 4.90 Å². The predicted octanol–water partition coefficient (Wildman–Crippen LogP) is 0.389. The van der Waals surface area contributed by atoms with Gasteiger partial charge in [-0.1, -0.05) is 5.16 Å². The number of benzene rings is 1. The van der Waals surface area contributed by atoms with Crippen LogP contribution in [-0.2, 0) is 4.79 Å². The summed E-state index contributed by atoms with van der Waals surface area (Å²) in [5, 5.41) is 20.6. The Morgan fingerprint density at radius 1 is 1.43 bits per heavy atom. The first-order chi connectivity index (χ1) is 9.93. The van der Waals surface area contributed by atoms with Gasteiger partial charge in [-0.2, -0.15) is 0 Å². The number of aliphatic hydroxyl groups is 1. The Labute approximate surface area is 123 Å². The zero-order valence-corrected chi connectivity index (χ0v) is 12.2. The molecule has 7 heteroatoms. The van der Waals surface area contributed by atoms with Crippen LogP contribution < -0.4 is 10.5 Å². The lowest BCUT2D eigenvalue weighted by molar-refractivity contribution is -0.132. The van der Waals surface area contributed by atoms with Crippen molar-refractivity contribution in [3.05, 3.63) is 29.8 Å². The Morgan fingerprint density at radius 3 is 2.57 bits per heavy atom.